The molecule has 0 saturated carbocycles. The van der Waals surface area contributed by atoms with Crippen molar-refractivity contribution in [2.45, 2.75) is 51.5 Å². The fraction of sp³-hybridized carbons (Fsp3) is 0.476. The van der Waals surface area contributed by atoms with Crippen molar-refractivity contribution < 1.29 is 0 Å². The number of nitrogens with zero attached hydrogens (tertiary/aromatic N) is 4. The number of hydrogen-bond donors (Lipinski definition) is 1. The number of imidazole rings is 1. The molecule has 1 fully saturated rings. The third-order valence-corrected chi connectivity index (χ3v) is 6.03. The zero-order chi connectivity index (χ0) is 18.4. The van der Waals surface area contributed by atoms with Gasteiger partial charge in [-0.3, -0.25) is 4.57 Å². The minimum absolute atomic E-state index is 0.00455. The molecule has 0 unspecified atom stereocenters. The molecule has 6 heteroatoms. The van der Waals surface area contributed by atoms with Crippen LogP contribution in [-0.4, -0.2) is 32.6 Å². The van der Waals surface area contributed by atoms with Crippen molar-refractivity contribution in [3.8, 4) is 0 Å². The number of fused-ring (bicyclic) bond motifs is 2. The average Bonchev–Trinajstić information content (AvgIpc) is 3.03. The molecule has 0 radical (unpaired) electrons. The predicted molar refractivity (Wildman–Crippen MR) is 106 cm³/mol. The summed E-state index contributed by atoms with van der Waals surface area (Å²) < 4.78 is 1.95. The largest absolute Gasteiger partial charge is 0.356 e. The molecule has 1 aliphatic heterocycles. The molecular formula is C21H25N5O. The summed E-state index contributed by atoms with van der Waals surface area (Å²) >= 11 is 0. The Morgan fingerprint density at radius 3 is 2.70 bits per heavy atom. The highest BCUT2D eigenvalue weighted by atomic mass is 16.1. The number of anilines is 1. The van der Waals surface area contributed by atoms with Crippen LogP contribution in [0.25, 0.3) is 11.0 Å². The zero-order valence-electron chi connectivity index (χ0n) is 15.7. The third kappa shape index (κ3) is 2.83. The van der Waals surface area contributed by atoms with Gasteiger partial charge in [-0.2, -0.15) is 0 Å². The first-order valence-corrected chi connectivity index (χ1v) is 10.0. The van der Waals surface area contributed by atoms with Crippen LogP contribution in [0.5, 0.6) is 0 Å². The maximum absolute atomic E-state index is 12.5. The van der Waals surface area contributed by atoms with Gasteiger partial charge < -0.3 is 9.88 Å². The molecule has 1 aliphatic carbocycles. The number of rotatable bonds is 2. The Balaban J connectivity index is 1.42. The van der Waals surface area contributed by atoms with Gasteiger partial charge in [-0.1, -0.05) is 12.1 Å². The van der Waals surface area contributed by atoms with E-state index in [1.54, 1.807) is 0 Å². The van der Waals surface area contributed by atoms with Crippen LogP contribution in [0.2, 0.25) is 0 Å². The van der Waals surface area contributed by atoms with E-state index in [1.165, 1.54) is 24.1 Å². The van der Waals surface area contributed by atoms with Gasteiger partial charge in [-0.05, 0) is 57.6 Å². The third-order valence-electron chi connectivity index (χ3n) is 6.03. The molecule has 0 spiro atoms. The molecule has 1 aromatic carbocycles. The first-order valence-electron chi connectivity index (χ1n) is 10.0. The van der Waals surface area contributed by atoms with E-state index in [4.69, 9.17) is 4.98 Å². The van der Waals surface area contributed by atoms with Gasteiger partial charge in [0.15, 0.2) is 0 Å². The minimum atomic E-state index is 0.00455. The van der Waals surface area contributed by atoms with Crippen LogP contribution in [0, 0.1) is 6.92 Å². The van der Waals surface area contributed by atoms with Crippen LogP contribution in [0.15, 0.2) is 29.1 Å². The molecule has 2 aromatic heterocycles. The lowest BCUT2D eigenvalue weighted by Gasteiger charge is -2.35. The summed E-state index contributed by atoms with van der Waals surface area (Å²) in [6, 6.07) is 8.20. The van der Waals surface area contributed by atoms with Gasteiger partial charge in [0.2, 0.25) is 0 Å². The molecule has 140 valence electrons. The van der Waals surface area contributed by atoms with Gasteiger partial charge in [-0.25, -0.2) is 14.8 Å². The lowest BCUT2D eigenvalue weighted by molar-refractivity contribution is 0.394. The van der Waals surface area contributed by atoms with Gasteiger partial charge in [-0.15, -0.1) is 0 Å². The van der Waals surface area contributed by atoms with Gasteiger partial charge in [0, 0.05) is 30.4 Å². The molecule has 0 amide bonds. The van der Waals surface area contributed by atoms with Crippen LogP contribution < -0.4 is 10.6 Å². The summed E-state index contributed by atoms with van der Waals surface area (Å²) in [6.45, 7) is 3.86. The molecule has 0 atom stereocenters. The van der Waals surface area contributed by atoms with Crippen molar-refractivity contribution in [2.24, 2.45) is 0 Å². The van der Waals surface area contributed by atoms with Crippen LogP contribution in [-0.2, 0) is 12.8 Å². The van der Waals surface area contributed by atoms with E-state index >= 15 is 0 Å². The van der Waals surface area contributed by atoms with Gasteiger partial charge in [0.05, 0.1) is 11.0 Å². The van der Waals surface area contributed by atoms with E-state index in [2.05, 4.69) is 14.9 Å². The number of aromatic nitrogens is 4. The van der Waals surface area contributed by atoms with E-state index in [1.807, 2.05) is 35.8 Å². The standard InChI is InChI=1S/C21H25N5O/c1-14-22-17-7-3-2-6-16(17)20(23-14)25-12-10-15(11-13-25)26-19-9-5-4-8-18(19)24-21(26)27/h4-5,8-9,15H,2-3,6-7,10-13H2,1H3,(H,24,27). The zero-order valence-corrected chi connectivity index (χ0v) is 15.7. The highest BCUT2D eigenvalue weighted by Gasteiger charge is 2.27. The Bertz CT molecular complexity index is 1040. The van der Waals surface area contributed by atoms with Crippen molar-refractivity contribution >= 4 is 16.9 Å². The van der Waals surface area contributed by atoms with Gasteiger partial charge in [0.1, 0.15) is 11.6 Å². The number of hydrogen-bond acceptors (Lipinski definition) is 4. The topological polar surface area (TPSA) is 66.8 Å². The second kappa shape index (κ2) is 6.51. The van der Waals surface area contributed by atoms with Crippen molar-refractivity contribution in [1.29, 1.82) is 0 Å². The van der Waals surface area contributed by atoms with Crippen molar-refractivity contribution in [3.05, 3.63) is 51.8 Å². The summed E-state index contributed by atoms with van der Waals surface area (Å²) in [7, 11) is 0. The predicted octanol–water partition coefficient (Wildman–Crippen LogP) is 3.15. The van der Waals surface area contributed by atoms with Gasteiger partial charge >= 0.3 is 5.69 Å². The van der Waals surface area contributed by atoms with E-state index < -0.39 is 0 Å². The Hall–Kier alpha value is -2.63. The monoisotopic (exact) mass is 363 g/mol. The number of piperidine rings is 1. The van der Waals surface area contributed by atoms with Crippen LogP contribution in [0.3, 0.4) is 0 Å². The van der Waals surface area contributed by atoms with Crippen LogP contribution >= 0.6 is 0 Å². The Morgan fingerprint density at radius 1 is 1.07 bits per heavy atom. The summed E-state index contributed by atoms with van der Waals surface area (Å²) in [5, 5.41) is 0. The molecule has 5 rings (SSSR count). The number of nitrogens with one attached hydrogen (secondary N) is 1. The number of aromatic amines is 1. The van der Waals surface area contributed by atoms with Crippen molar-refractivity contribution in [3.63, 3.8) is 0 Å². The molecule has 0 bridgehead atoms. The fourth-order valence-electron chi connectivity index (χ4n) is 4.73. The maximum Gasteiger partial charge on any atom is 0.326 e. The Morgan fingerprint density at radius 2 is 1.85 bits per heavy atom. The second-order valence-corrected chi connectivity index (χ2v) is 7.76. The molecular weight excluding hydrogens is 338 g/mol. The van der Waals surface area contributed by atoms with Gasteiger partial charge in [0.25, 0.3) is 0 Å². The first-order chi connectivity index (χ1) is 13.2. The smallest absolute Gasteiger partial charge is 0.326 e. The number of H-pyrrole nitrogens is 1. The van der Waals surface area contributed by atoms with E-state index in [0.29, 0.717) is 0 Å². The van der Waals surface area contributed by atoms with E-state index in [9.17, 15) is 4.79 Å². The minimum Gasteiger partial charge on any atom is -0.356 e. The SMILES string of the molecule is Cc1nc2c(c(N3CCC(n4c(=O)[nH]c5ccccc54)CC3)n1)CCCC2. The molecule has 6 nitrogen and oxygen atoms in total. The molecule has 3 aromatic rings. The van der Waals surface area contributed by atoms with Crippen LogP contribution in [0.4, 0.5) is 5.82 Å². The Labute approximate surface area is 158 Å². The lowest BCUT2D eigenvalue weighted by Crippen LogP contribution is -2.38. The number of aryl methyl sites for hydroxylation is 2. The summed E-state index contributed by atoms with van der Waals surface area (Å²) in [6.07, 6.45) is 6.54. The highest BCUT2D eigenvalue weighted by molar-refractivity contribution is 5.75. The lowest BCUT2D eigenvalue weighted by atomic mass is 9.95. The molecule has 27 heavy (non-hydrogen) atoms. The maximum atomic E-state index is 12.5. The van der Waals surface area contributed by atoms with Crippen LogP contribution in [0.1, 0.15) is 48.8 Å². The second-order valence-electron chi connectivity index (χ2n) is 7.76. The summed E-state index contributed by atoms with van der Waals surface area (Å²) in [5.74, 6) is 2.02. The average molecular weight is 363 g/mol. The summed E-state index contributed by atoms with van der Waals surface area (Å²) in [5.41, 5.74) is 4.54. The van der Waals surface area contributed by atoms with E-state index in [-0.39, 0.29) is 11.7 Å². The normalized spacial score (nSPS) is 18.0. The molecule has 1 N–H and O–H groups in total. The first kappa shape index (κ1) is 16.5. The fourth-order valence-corrected chi connectivity index (χ4v) is 4.73. The quantitative estimate of drug-likeness (QED) is 0.759. The Kier molecular flexibility index (Phi) is 3.99. The highest BCUT2D eigenvalue weighted by Crippen LogP contribution is 2.32. The molecule has 1 saturated heterocycles. The van der Waals surface area contributed by atoms with Crippen molar-refractivity contribution in [1.82, 2.24) is 19.5 Å². The van der Waals surface area contributed by atoms with E-state index in [0.717, 1.165) is 61.4 Å². The molecule has 3 heterocycles. The number of benzene rings is 1. The van der Waals surface area contributed by atoms with Crippen molar-refractivity contribution in [2.75, 3.05) is 18.0 Å². The summed E-state index contributed by atoms with van der Waals surface area (Å²) in [4.78, 5) is 27.4. The molecule has 2 aliphatic rings. The number of para-hydroxylation sites is 2.